The monoisotopic (exact) mass is 308 g/mol. The van der Waals surface area contributed by atoms with Crippen molar-refractivity contribution in [1.29, 1.82) is 5.26 Å². The number of ether oxygens (including phenoxy) is 2. The van der Waals surface area contributed by atoms with Gasteiger partial charge in [0, 0.05) is 17.3 Å². The maximum Gasteiger partial charge on any atom is 0.248 e. The fourth-order valence-electron chi connectivity index (χ4n) is 2.06. The molecule has 0 heterocycles. The van der Waals surface area contributed by atoms with Gasteiger partial charge in [-0.15, -0.1) is 0 Å². The molecule has 2 rings (SSSR count). The van der Waals surface area contributed by atoms with Gasteiger partial charge in [0.25, 0.3) is 0 Å². The first-order valence-corrected chi connectivity index (χ1v) is 6.88. The van der Waals surface area contributed by atoms with Gasteiger partial charge in [0.2, 0.25) is 5.91 Å². The number of nitriles is 1. The van der Waals surface area contributed by atoms with Gasteiger partial charge in [-0.25, -0.2) is 0 Å². The van der Waals surface area contributed by atoms with E-state index < -0.39 is 0 Å². The summed E-state index contributed by atoms with van der Waals surface area (Å²) in [6.45, 7) is 0. The van der Waals surface area contributed by atoms with Gasteiger partial charge in [0.15, 0.2) is 11.5 Å². The number of hydrogen-bond donors (Lipinski definition) is 1. The summed E-state index contributed by atoms with van der Waals surface area (Å²) >= 11 is 0. The van der Waals surface area contributed by atoms with E-state index in [1.54, 1.807) is 50.6 Å². The smallest absolute Gasteiger partial charge is 0.248 e. The number of hydrogen-bond acceptors (Lipinski definition) is 4. The zero-order valence-electron chi connectivity index (χ0n) is 12.9. The van der Waals surface area contributed by atoms with Crippen molar-refractivity contribution in [2.75, 3.05) is 19.5 Å². The van der Waals surface area contributed by atoms with Crippen LogP contribution in [0.3, 0.4) is 0 Å². The second kappa shape index (κ2) is 7.66. The molecule has 0 spiro atoms. The van der Waals surface area contributed by atoms with Crippen molar-refractivity contribution in [2.45, 2.75) is 0 Å². The van der Waals surface area contributed by atoms with E-state index in [0.717, 1.165) is 5.56 Å². The molecule has 5 nitrogen and oxygen atoms in total. The van der Waals surface area contributed by atoms with Crippen LogP contribution >= 0.6 is 0 Å². The van der Waals surface area contributed by atoms with Crippen LogP contribution in [0.2, 0.25) is 0 Å². The molecule has 1 N–H and O–H groups in total. The number of carbonyl (C=O) groups is 1. The van der Waals surface area contributed by atoms with Crippen molar-refractivity contribution in [2.24, 2.45) is 0 Å². The van der Waals surface area contributed by atoms with E-state index in [1.807, 2.05) is 18.2 Å². The largest absolute Gasteiger partial charge is 0.493 e. The van der Waals surface area contributed by atoms with Gasteiger partial charge in [-0.1, -0.05) is 18.2 Å². The third-order valence-corrected chi connectivity index (χ3v) is 3.11. The second-order valence-corrected chi connectivity index (χ2v) is 4.60. The van der Waals surface area contributed by atoms with E-state index in [4.69, 9.17) is 14.7 Å². The van der Waals surface area contributed by atoms with Crippen molar-refractivity contribution >= 4 is 17.7 Å². The van der Waals surface area contributed by atoms with Gasteiger partial charge in [0.1, 0.15) is 0 Å². The lowest BCUT2D eigenvalue weighted by Gasteiger charge is -2.09. The molecule has 0 unspecified atom stereocenters. The summed E-state index contributed by atoms with van der Waals surface area (Å²) in [7, 11) is 3.10. The standard InChI is InChI=1S/C18H16N2O3/c1-22-16-8-4-6-14(18(16)23-2)9-10-17(21)20-15-7-3-5-13(11-15)12-19/h3-11H,1-2H3,(H,20,21). The summed E-state index contributed by atoms with van der Waals surface area (Å²) < 4.78 is 10.5. The summed E-state index contributed by atoms with van der Waals surface area (Å²) in [4.78, 5) is 12.0. The molecule has 0 bridgehead atoms. The first-order valence-electron chi connectivity index (χ1n) is 6.88. The van der Waals surface area contributed by atoms with E-state index in [2.05, 4.69) is 5.32 Å². The average Bonchev–Trinajstić information content (AvgIpc) is 2.59. The molecule has 0 saturated heterocycles. The van der Waals surface area contributed by atoms with E-state index in [9.17, 15) is 4.79 Å². The Morgan fingerprint density at radius 3 is 2.65 bits per heavy atom. The number of rotatable bonds is 5. The average molecular weight is 308 g/mol. The number of anilines is 1. The molecule has 0 saturated carbocycles. The van der Waals surface area contributed by atoms with Gasteiger partial charge in [-0.3, -0.25) is 4.79 Å². The molecule has 0 aromatic heterocycles. The van der Waals surface area contributed by atoms with Crippen LogP contribution in [-0.2, 0) is 4.79 Å². The summed E-state index contributed by atoms with van der Waals surface area (Å²) in [5.41, 5.74) is 1.78. The van der Waals surface area contributed by atoms with Crippen LogP contribution in [0.1, 0.15) is 11.1 Å². The van der Waals surface area contributed by atoms with Crippen molar-refractivity contribution < 1.29 is 14.3 Å². The molecule has 0 atom stereocenters. The van der Waals surface area contributed by atoms with E-state index in [1.165, 1.54) is 6.08 Å². The Hall–Kier alpha value is -3.26. The van der Waals surface area contributed by atoms with Crippen molar-refractivity contribution in [3.05, 3.63) is 59.7 Å². The Morgan fingerprint density at radius 1 is 1.17 bits per heavy atom. The number of nitrogens with one attached hydrogen (secondary N) is 1. The maximum absolute atomic E-state index is 12.0. The van der Waals surface area contributed by atoms with E-state index >= 15 is 0 Å². The van der Waals surface area contributed by atoms with Crippen LogP contribution in [0.25, 0.3) is 6.08 Å². The minimum atomic E-state index is -0.301. The molecule has 23 heavy (non-hydrogen) atoms. The Morgan fingerprint density at radius 2 is 1.96 bits per heavy atom. The summed E-state index contributed by atoms with van der Waals surface area (Å²) in [6.07, 6.45) is 3.04. The molecule has 0 aliphatic carbocycles. The molecule has 2 aromatic carbocycles. The second-order valence-electron chi connectivity index (χ2n) is 4.60. The first-order chi connectivity index (χ1) is 11.2. The maximum atomic E-state index is 12.0. The van der Waals surface area contributed by atoms with Gasteiger partial charge in [0.05, 0.1) is 25.9 Å². The van der Waals surface area contributed by atoms with Crippen molar-refractivity contribution in [3.63, 3.8) is 0 Å². The lowest BCUT2D eigenvalue weighted by Crippen LogP contribution is -2.07. The van der Waals surface area contributed by atoms with Crippen LogP contribution < -0.4 is 14.8 Å². The van der Waals surface area contributed by atoms with E-state index in [-0.39, 0.29) is 5.91 Å². The fraction of sp³-hybridized carbons (Fsp3) is 0.111. The van der Waals surface area contributed by atoms with E-state index in [0.29, 0.717) is 22.7 Å². The van der Waals surface area contributed by atoms with Crippen LogP contribution in [0.4, 0.5) is 5.69 Å². The zero-order chi connectivity index (χ0) is 16.7. The highest BCUT2D eigenvalue weighted by molar-refractivity contribution is 6.02. The molecule has 0 aliphatic heterocycles. The minimum Gasteiger partial charge on any atom is -0.493 e. The molecule has 0 fully saturated rings. The molecule has 0 radical (unpaired) electrons. The van der Waals surface area contributed by atoms with Crippen molar-refractivity contribution in [3.8, 4) is 17.6 Å². The van der Waals surface area contributed by atoms with Gasteiger partial charge < -0.3 is 14.8 Å². The zero-order valence-corrected chi connectivity index (χ0v) is 12.9. The third-order valence-electron chi connectivity index (χ3n) is 3.11. The molecule has 1 amide bonds. The third kappa shape index (κ3) is 4.11. The van der Waals surface area contributed by atoms with Crippen molar-refractivity contribution in [1.82, 2.24) is 0 Å². The minimum absolute atomic E-state index is 0.301. The number of benzene rings is 2. The molecular weight excluding hydrogens is 292 g/mol. The Labute approximate surface area is 134 Å². The highest BCUT2D eigenvalue weighted by Gasteiger charge is 2.07. The van der Waals surface area contributed by atoms with Crippen LogP contribution in [0.15, 0.2) is 48.5 Å². The highest BCUT2D eigenvalue weighted by atomic mass is 16.5. The molecule has 116 valence electrons. The number of nitrogens with zero attached hydrogens (tertiary/aromatic N) is 1. The van der Waals surface area contributed by atoms with Gasteiger partial charge in [-0.05, 0) is 30.3 Å². The van der Waals surface area contributed by atoms with Crippen LogP contribution in [0.5, 0.6) is 11.5 Å². The number of amides is 1. The van der Waals surface area contributed by atoms with Crippen LogP contribution in [0, 0.1) is 11.3 Å². The molecular formula is C18H16N2O3. The first kappa shape index (κ1) is 16.1. The Bertz CT molecular complexity index is 776. The molecule has 5 heteroatoms. The molecule has 0 aliphatic rings. The van der Waals surface area contributed by atoms with Crippen LogP contribution in [-0.4, -0.2) is 20.1 Å². The SMILES string of the molecule is COc1cccc(C=CC(=O)Nc2cccc(C#N)c2)c1OC. The predicted octanol–water partition coefficient (Wildman–Crippen LogP) is 3.23. The molecule has 2 aromatic rings. The summed E-state index contributed by atoms with van der Waals surface area (Å²) in [5.74, 6) is 0.854. The Balaban J connectivity index is 2.14. The summed E-state index contributed by atoms with van der Waals surface area (Å²) in [5, 5.41) is 11.6. The normalized spacial score (nSPS) is 10.1. The lowest BCUT2D eigenvalue weighted by atomic mass is 10.1. The lowest BCUT2D eigenvalue weighted by molar-refractivity contribution is -0.111. The number of para-hydroxylation sites is 1. The number of methoxy groups -OCH3 is 2. The van der Waals surface area contributed by atoms with Gasteiger partial charge in [-0.2, -0.15) is 5.26 Å². The quantitative estimate of drug-likeness (QED) is 0.861. The topological polar surface area (TPSA) is 71.3 Å². The number of carbonyl (C=O) groups excluding carboxylic acids is 1. The summed E-state index contributed by atoms with van der Waals surface area (Å²) in [6, 6.07) is 14.2. The highest BCUT2D eigenvalue weighted by Crippen LogP contribution is 2.31. The fourth-order valence-corrected chi connectivity index (χ4v) is 2.06. The Kier molecular flexibility index (Phi) is 5.37. The van der Waals surface area contributed by atoms with Gasteiger partial charge >= 0.3 is 0 Å². The predicted molar refractivity (Wildman–Crippen MR) is 88.4 cm³/mol.